The first-order valence-electron chi connectivity index (χ1n) is 6.87. The monoisotopic (exact) mass is 270 g/mol. The van der Waals surface area contributed by atoms with Crippen LogP contribution in [0.2, 0.25) is 0 Å². The molecule has 0 bridgehead atoms. The molecule has 0 amide bonds. The van der Waals surface area contributed by atoms with Gasteiger partial charge in [0.05, 0.1) is 0 Å². The lowest BCUT2D eigenvalue weighted by Gasteiger charge is -2.12. The largest absolute Gasteiger partial charge is 0.313 e. The van der Waals surface area contributed by atoms with Crippen LogP contribution in [0.3, 0.4) is 0 Å². The van der Waals surface area contributed by atoms with E-state index in [2.05, 4.69) is 29.4 Å². The lowest BCUT2D eigenvalue weighted by atomic mass is 10.1. The van der Waals surface area contributed by atoms with Gasteiger partial charge in [0.2, 0.25) is 0 Å². The molecule has 0 saturated heterocycles. The van der Waals surface area contributed by atoms with E-state index < -0.39 is 0 Å². The van der Waals surface area contributed by atoms with Gasteiger partial charge in [0, 0.05) is 25.4 Å². The summed E-state index contributed by atoms with van der Waals surface area (Å²) in [6.45, 7) is 7.53. The Hall–Kier alpha value is -0.550. The highest BCUT2D eigenvalue weighted by Crippen LogP contribution is 2.14. The third kappa shape index (κ3) is 5.40. The number of unbranched alkanes of at least 4 members (excludes halogenated alkanes) is 2. The Kier molecular flexibility index (Phi) is 7.35. The minimum Gasteiger partial charge on any atom is -0.313 e. The van der Waals surface area contributed by atoms with Crippen LogP contribution in [0.25, 0.3) is 0 Å². The van der Waals surface area contributed by atoms with Crippen LogP contribution in [0.5, 0.6) is 0 Å². The van der Waals surface area contributed by atoms with Crippen molar-refractivity contribution in [2.45, 2.75) is 57.7 Å². The molecule has 18 heavy (non-hydrogen) atoms. The van der Waals surface area contributed by atoms with Crippen LogP contribution in [0.4, 0.5) is 0 Å². The molecule has 0 radical (unpaired) electrons. The molecule has 0 saturated carbocycles. The van der Waals surface area contributed by atoms with Crippen LogP contribution in [0.1, 0.15) is 45.4 Å². The first-order chi connectivity index (χ1) is 8.65. The molecule has 1 heterocycles. The number of rotatable bonds is 9. The van der Waals surface area contributed by atoms with Crippen LogP contribution in [-0.4, -0.2) is 33.1 Å². The summed E-state index contributed by atoms with van der Waals surface area (Å²) in [5.74, 6) is 2.02. The Labute approximate surface area is 115 Å². The molecule has 104 valence electrons. The molecule has 0 aliphatic carbocycles. The summed E-state index contributed by atoms with van der Waals surface area (Å²) in [5.41, 5.74) is 0. The summed E-state index contributed by atoms with van der Waals surface area (Å²) < 4.78 is 2.04. The number of nitrogens with zero attached hydrogens (tertiary/aromatic N) is 3. The molecular weight excluding hydrogens is 244 g/mol. The summed E-state index contributed by atoms with van der Waals surface area (Å²) in [4.78, 5) is 0. The number of hydrogen-bond donors (Lipinski definition) is 1. The maximum absolute atomic E-state index is 4.14. The van der Waals surface area contributed by atoms with Gasteiger partial charge in [-0.2, -0.15) is 0 Å². The highest BCUT2D eigenvalue weighted by Gasteiger charge is 2.05. The first kappa shape index (κ1) is 15.5. The van der Waals surface area contributed by atoms with Crippen LogP contribution in [0, 0.1) is 6.92 Å². The second-order valence-corrected chi connectivity index (χ2v) is 5.85. The average molecular weight is 270 g/mol. The van der Waals surface area contributed by atoms with Gasteiger partial charge in [-0.3, -0.25) is 0 Å². The second-order valence-electron chi connectivity index (χ2n) is 4.79. The molecule has 0 spiro atoms. The normalized spacial score (nSPS) is 12.9. The molecule has 0 aliphatic rings. The number of hydrogen-bond acceptors (Lipinski definition) is 4. The summed E-state index contributed by atoms with van der Waals surface area (Å²) in [5, 5.41) is 12.8. The fourth-order valence-corrected chi connectivity index (χ4v) is 2.59. The van der Waals surface area contributed by atoms with Crippen LogP contribution in [0.15, 0.2) is 5.16 Å². The smallest absolute Gasteiger partial charge is 0.190 e. The molecular formula is C13H26N4S. The maximum atomic E-state index is 4.14. The molecule has 1 unspecified atom stereocenters. The highest BCUT2D eigenvalue weighted by molar-refractivity contribution is 7.99. The SMILES string of the molecule is CCCCCC(C)NCCSc1nnc(C)n1C. The van der Waals surface area contributed by atoms with Gasteiger partial charge in [0.15, 0.2) is 5.16 Å². The topological polar surface area (TPSA) is 42.7 Å². The van der Waals surface area contributed by atoms with Crippen molar-refractivity contribution < 1.29 is 0 Å². The Balaban J connectivity index is 2.09. The molecule has 0 aliphatic heterocycles. The van der Waals surface area contributed by atoms with E-state index in [1.165, 1.54) is 25.7 Å². The lowest BCUT2D eigenvalue weighted by molar-refractivity contribution is 0.502. The Bertz CT molecular complexity index is 338. The number of aryl methyl sites for hydroxylation is 1. The molecule has 5 heteroatoms. The van der Waals surface area contributed by atoms with Crippen molar-refractivity contribution in [3.05, 3.63) is 5.82 Å². The lowest BCUT2D eigenvalue weighted by Crippen LogP contribution is -2.28. The van der Waals surface area contributed by atoms with E-state index in [-0.39, 0.29) is 0 Å². The maximum Gasteiger partial charge on any atom is 0.190 e. The van der Waals surface area contributed by atoms with Gasteiger partial charge in [-0.15, -0.1) is 10.2 Å². The van der Waals surface area contributed by atoms with Crippen molar-refractivity contribution in [2.24, 2.45) is 7.05 Å². The van der Waals surface area contributed by atoms with E-state index in [4.69, 9.17) is 0 Å². The van der Waals surface area contributed by atoms with Crippen molar-refractivity contribution in [3.63, 3.8) is 0 Å². The van der Waals surface area contributed by atoms with Gasteiger partial charge < -0.3 is 9.88 Å². The highest BCUT2D eigenvalue weighted by atomic mass is 32.2. The number of thioether (sulfide) groups is 1. The predicted molar refractivity (Wildman–Crippen MR) is 78.1 cm³/mol. The van der Waals surface area contributed by atoms with E-state index in [9.17, 15) is 0 Å². The van der Waals surface area contributed by atoms with Gasteiger partial charge in [-0.05, 0) is 20.3 Å². The average Bonchev–Trinajstić information content (AvgIpc) is 2.66. The van der Waals surface area contributed by atoms with Crippen molar-refractivity contribution in [1.29, 1.82) is 0 Å². The molecule has 0 aromatic carbocycles. The molecule has 1 N–H and O–H groups in total. The van der Waals surface area contributed by atoms with E-state index in [0.717, 1.165) is 23.3 Å². The molecule has 4 nitrogen and oxygen atoms in total. The summed E-state index contributed by atoms with van der Waals surface area (Å²) in [6, 6.07) is 0.624. The summed E-state index contributed by atoms with van der Waals surface area (Å²) >= 11 is 1.77. The van der Waals surface area contributed by atoms with Gasteiger partial charge in [0.25, 0.3) is 0 Å². The van der Waals surface area contributed by atoms with Crippen molar-refractivity contribution in [1.82, 2.24) is 20.1 Å². The van der Waals surface area contributed by atoms with E-state index in [1.807, 2.05) is 18.5 Å². The standard InChI is InChI=1S/C13H26N4S/c1-5-6-7-8-11(2)14-9-10-18-13-16-15-12(3)17(13)4/h11,14H,5-10H2,1-4H3. The minimum atomic E-state index is 0.624. The van der Waals surface area contributed by atoms with Crippen LogP contribution in [-0.2, 0) is 7.05 Å². The van der Waals surface area contributed by atoms with Gasteiger partial charge in [0.1, 0.15) is 5.82 Å². The third-order valence-electron chi connectivity index (χ3n) is 3.12. The molecule has 1 atom stereocenters. The number of aromatic nitrogens is 3. The van der Waals surface area contributed by atoms with Crippen molar-refractivity contribution >= 4 is 11.8 Å². The van der Waals surface area contributed by atoms with Crippen molar-refractivity contribution in [3.8, 4) is 0 Å². The first-order valence-corrected chi connectivity index (χ1v) is 7.85. The second kappa shape index (κ2) is 8.53. The van der Waals surface area contributed by atoms with E-state index in [0.29, 0.717) is 6.04 Å². The van der Waals surface area contributed by atoms with Crippen LogP contribution >= 0.6 is 11.8 Å². The minimum absolute atomic E-state index is 0.624. The molecule has 1 aromatic heterocycles. The Morgan fingerprint density at radius 2 is 2.11 bits per heavy atom. The van der Waals surface area contributed by atoms with E-state index in [1.54, 1.807) is 11.8 Å². The fraction of sp³-hybridized carbons (Fsp3) is 0.846. The Morgan fingerprint density at radius 1 is 1.33 bits per heavy atom. The quantitative estimate of drug-likeness (QED) is 0.553. The van der Waals surface area contributed by atoms with E-state index >= 15 is 0 Å². The number of nitrogens with one attached hydrogen (secondary N) is 1. The molecule has 0 fully saturated rings. The van der Waals surface area contributed by atoms with Gasteiger partial charge in [-0.25, -0.2) is 0 Å². The predicted octanol–water partition coefficient (Wildman–Crippen LogP) is 2.77. The zero-order chi connectivity index (χ0) is 13.4. The fourth-order valence-electron chi connectivity index (χ4n) is 1.76. The molecule has 1 rings (SSSR count). The van der Waals surface area contributed by atoms with Crippen LogP contribution < -0.4 is 5.32 Å². The van der Waals surface area contributed by atoms with Crippen molar-refractivity contribution in [2.75, 3.05) is 12.3 Å². The Morgan fingerprint density at radius 3 is 2.72 bits per heavy atom. The van der Waals surface area contributed by atoms with Gasteiger partial charge in [-0.1, -0.05) is 37.9 Å². The summed E-state index contributed by atoms with van der Waals surface area (Å²) in [7, 11) is 2.01. The molecule has 1 aromatic rings. The third-order valence-corrected chi connectivity index (χ3v) is 4.14. The van der Waals surface area contributed by atoms with Gasteiger partial charge >= 0.3 is 0 Å². The zero-order valence-electron chi connectivity index (χ0n) is 12.1. The zero-order valence-corrected chi connectivity index (χ0v) is 12.9. The summed E-state index contributed by atoms with van der Waals surface area (Å²) in [6.07, 6.45) is 5.26.